The van der Waals surface area contributed by atoms with Gasteiger partial charge in [-0.2, -0.15) is 0 Å². The first-order valence-corrected chi connectivity index (χ1v) is 10.2. The topological polar surface area (TPSA) is 71.8 Å². The molecule has 2 unspecified atom stereocenters. The molecule has 1 aliphatic carbocycles. The van der Waals surface area contributed by atoms with Crippen molar-refractivity contribution in [1.82, 2.24) is 4.90 Å². The van der Waals surface area contributed by atoms with Crippen LogP contribution in [0.15, 0.2) is 46.9 Å². The number of furan rings is 1. The molecule has 1 saturated carbocycles. The first kappa shape index (κ1) is 19.3. The second kappa shape index (κ2) is 8.55. The molecule has 29 heavy (non-hydrogen) atoms. The van der Waals surface area contributed by atoms with E-state index in [0.29, 0.717) is 29.0 Å². The molecular weight excluding hydrogens is 368 g/mol. The normalized spacial score (nSPS) is 20.8. The van der Waals surface area contributed by atoms with Gasteiger partial charge in [0.05, 0.1) is 0 Å². The molecule has 0 bridgehead atoms. The summed E-state index contributed by atoms with van der Waals surface area (Å²) < 4.78 is 11.4. The van der Waals surface area contributed by atoms with Crippen LogP contribution in [0.4, 0.5) is 5.69 Å². The Kier molecular flexibility index (Phi) is 5.69. The highest BCUT2D eigenvalue weighted by molar-refractivity contribution is 6.01. The van der Waals surface area contributed by atoms with Crippen LogP contribution < -0.4 is 10.1 Å². The zero-order valence-electron chi connectivity index (χ0n) is 16.6. The SMILES string of the molecule is CC1CC1c1ccc(/C=C/C(=O)Nc2cccc(OCC(=O)N3CCCC3)c2)o1. The van der Waals surface area contributed by atoms with Crippen molar-refractivity contribution in [3.05, 3.63) is 54.0 Å². The van der Waals surface area contributed by atoms with Gasteiger partial charge < -0.3 is 19.4 Å². The Bertz CT molecular complexity index is 911. The average Bonchev–Trinajstić information content (AvgIpc) is 3.14. The van der Waals surface area contributed by atoms with Gasteiger partial charge in [0.2, 0.25) is 5.91 Å². The first-order valence-electron chi connectivity index (χ1n) is 10.2. The summed E-state index contributed by atoms with van der Waals surface area (Å²) in [5, 5.41) is 2.80. The van der Waals surface area contributed by atoms with E-state index in [-0.39, 0.29) is 18.4 Å². The van der Waals surface area contributed by atoms with E-state index >= 15 is 0 Å². The number of nitrogens with one attached hydrogen (secondary N) is 1. The lowest BCUT2D eigenvalue weighted by molar-refractivity contribution is -0.132. The van der Waals surface area contributed by atoms with Crippen LogP contribution in [0.3, 0.4) is 0 Å². The Hall–Kier alpha value is -3.02. The van der Waals surface area contributed by atoms with Crippen molar-refractivity contribution in [2.45, 2.75) is 32.1 Å². The molecule has 2 aromatic rings. The zero-order valence-corrected chi connectivity index (χ0v) is 16.6. The molecule has 6 heteroatoms. The van der Waals surface area contributed by atoms with Gasteiger partial charge in [0.25, 0.3) is 5.91 Å². The Morgan fingerprint density at radius 2 is 2.03 bits per heavy atom. The third kappa shape index (κ3) is 5.08. The van der Waals surface area contributed by atoms with Crippen LogP contribution >= 0.6 is 0 Å². The van der Waals surface area contributed by atoms with E-state index in [1.54, 1.807) is 30.3 Å². The van der Waals surface area contributed by atoms with Gasteiger partial charge in [-0.3, -0.25) is 9.59 Å². The Morgan fingerprint density at radius 3 is 2.79 bits per heavy atom. The molecule has 6 nitrogen and oxygen atoms in total. The molecule has 152 valence electrons. The Morgan fingerprint density at radius 1 is 1.24 bits per heavy atom. The van der Waals surface area contributed by atoms with E-state index < -0.39 is 0 Å². The predicted molar refractivity (Wildman–Crippen MR) is 111 cm³/mol. The van der Waals surface area contributed by atoms with E-state index in [1.807, 2.05) is 17.0 Å². The van der Waals surface area contributed by atoms with Crippen LogP contribution in [0.25, 0.3) is 6.08 Å². The van der Waals surface area contributed by atoms with E-state index in [2.05, 4.69) is 12.2 Å². The molecule has 1 N–H and O–H groups in total. The van der Waals surface area contributed by atoms with Crippen molar-refractivity contribution in [2.24, 2.45) is 5.92 Å². The minimum atomic E-state index is -0.256. The van der Waals surface area contributed by atoms with E-state index in [9.17, 15) is 9.59 Å². The average molecular weight is 394 g/mol. The largest absolute Gasteiger partial charge is 0.484 e. The van der Waals surface area contributed by atoms with Gasteiger partial charge in [-0.15, -0.1) is 0 Å². The molecule has 0 spiro atoms. The van der Waals surface area contributed by atoms with Crippen LogP contribution in [-0.2, 0) is 9.59 Å². The number of hydrogen-bond donors (Lipinski definition) is 1. The van der Waals surface area contributed by atoms with Gasteiger partial charge >= 0.3 is 0 Å². The predicted octanol–water partition coefficient (Wildman–Crippen LogP) is 4.06. The molecule has 0 radical (unpaired) electrons. The maximum atomic E-state index is 12.2. The van der Waals surface area contributed by atoms with Crippen molar-refractivity contribution in [1.29, 1.82) is 0 Å². The molecular formula is C23H26N2O4. The van der Waals surface area contributed by atoms with Crippen molar-refractivity contribution in [2.75, 3.05) is 25.0 Å². The molecule has 2 fully saturated rings. The lowest BCUT2D eigenvalue weighted by atomic mass is 10.3. The lowest BCUT2D eigenvalue weighted by Gasteiger charge is -2.15. The number of hydrogen-bond acceptors (Lipinski definition) is 4. The van der Waals surface area contributed by atoms with Gasteiger partial charge in [0.1, 0.15) is 17.3 Å². The molecule has 1 saturated heterocycles. The molecule has 2 heterocycles. The smallest absolute Gasteiger partial charge is 0.260 e. The standard InChI is InChI=1S/C23H26N2O4/c1-16-13-20(16)21-9-7-18(29-21)8-10-22(26)24-17-5-4-6-19(14-17)28-15-23(27)25-11-2-3-12-25/h4-10,14,16,20H,2-3,11-13,15H2,1H3,(H,24,26)/b10-8+. The summed E-state index contributed by atoms with van der Waals surface area (Å²) in [7, 11) is 0. The van der Waals surface area contributed by atoms with Crippen molar-refractivity contribution < 1.29 is 18.7 Å². The molecule has 1 aliphatic heterocycles. The van der Waals surface area contributed by atoms with Crippen LogP contribution in [0.5, 0.6) is 5.75 Å². The van der Waals surface area contributed by atoms with Crippen LogP contribution in [0.1, 0.15) is 43.6 Å². The second-order valence-electron chi connectivity index (χ2n) is 7.79. The maximum Gasteiger partial charge on any atom is 0.260 e. The van der Waals surface area contributed by atoms with Gasteiger partial charge in [-0.05, 0) is 55.5 Å². The monoisotopic (exact) mass is 394 g/mol. The Balaban J connectivity index is 1.28. The molecule has 4 rings (SSSR count). The number of likely N-dealkylation sites (tertiary alicyclic amines) is 1. The molecule has 1 aromatic heterocycles. The number of carbonyl (C=O) groups is 2. The summed E-state index contributed by atoms with van der Waals surface area (Å²) in [5.41, 5.74) is 0.609. The number of carbonyl (C=O) groups excluding carboxylic acids is 2. The molecule has 2 aliphatic rings. The van der Waals surface area contributed by atoms with Gasteiger partial charge in [0.15, 0.2) is 6.61 Å². The van der Waals surface area contributed by atoms with E-state index in [4.69, 9.17) is 9.15 Å². The van der Waals surface area contributed by atoms with Crippen LogP contribution in [0, 0.1) is 5.92 Å². The fourth-order valence-corrected chi connectivity index (χ4v) is 3.58. The fourth-order valence-electron chi connectivity index (χ4n) is 3.58. The summed E-state index contributed by atoms with van der Waals surface area (Å²) in [4.78, 5) is 26.1. The van der Waals surface area contributed by atoms with Crippen molar-refractivity contribution in [3.8, 4) is 5.75 Å². The third-order valence-corrected chi connectivity index (χ3v) is 5.44. The van der Waals surface area contributed by atoms with Crippen molar-refractivity contribution in [3.63, 3.8) is 0 Å². The summed E-state index contributed by atoms with van der Waals surface area (Å²) in [5.74, 6) is 3.16. The minimum absolute atomic E-state index is 0.00159. The third-order valence-electron chi connectivity index (χ3n) is 5.44. The van der Waals surface area contributed by atoms with Crippen LogP contribution in [0.2, 0.25) is 0 Å². The summed E-state index contributed by atoms with van der Waals surface area (Å²) in [6.45, 7) is 3.83. The first-order chi connectivity index (χ1) is 14.1. The zero-order chi connectivity index (χ0) is 20.2. The maximum absolute atomic E-state index is 12.2. The summed E-state index contributed by atoms with van der Waals surface area (Å²) >= 11 is 0. The summed E-state index contributed by atoms with van der Waals surface area (Å²) in [6.07, 6.45) is 6.39. The molecule has 1 aromatic carbocycles. The number of ether oxygens (including phenoxy) is 1. The van der Waals surface area contributed by atoms with Gasteiger partial charge in [-0.25, -0.2) is 0 Å². The molecule has 2 amide bonds. The fraction of sp³-hybridized carbons (Fsp3) is 0.391. The van der Waals surface area contributed by atoms with Gasteiger partial charge in [-0.1, -0.05) is 13.0 Å². The highest BCUT2D eigenvalue weighted by Gasteiger charge is 2.36. The van der Waals surface area contributed by atoms with E-state index in [0.717, 1.165) is 31.7 Å². The lowest BCUT2D eigenvalue weighted by Crippen LogP contribution is -2.32. The summed E-state index contributed by atoms with van der Waals surface area (Å²) in [6, 6.07) is 10.9. The number of amides is 2. The van der Waals surface area contributed by atoms with Crippen molar-refractivity contribution >= 4 is 23.6 Å². The van der Waals surface area contributed by atoms with E-state index in [1.165, 1.54) is 12.5 Å². The second-order valence-corrected chi connectivity index (χ2v) is 7.79. The quantitative estimate of drug-likeness (QED) is 0.719. The minimum Gasteiger partial charge on any atom is -0.484 e. The van der Waals surface area contributed by atoms with Crippen LogP contribution in [-0.4, -0.2) is 36.4 Å². The Labute approximate surface area is 170 Å². The number of anilines is 1. The number of rotatable bonds is 7. The number of benzene rings is 1. The highest BCUT2D eigenvalue weighted by atomic mass is 16.5. The highest BCUT2D eigenvalue weighted by Crippen LogP contribution is 2.47. The molecule has 2 atom stereocenters. The number of nitrogens with zero attached hydrogens (tertiary/aromatic N) is 1. The van der Waals surface area contributed by atoms with Gasteiger partial charge in [0, 0.05) is 36.8 Å².